The molecule has 6 aromatic rings. The molecule has 5 aromatic carbocycles. The van der Waals surface area contributed by atoms with Crippen LogP contribution in [-0.2, 0) is 6.42 Å². The number of anilines is 3. The maximum absolute atomic E-state index is 2.59. The molecule has 1 heterocycles. The number of benzene rings is 5. The third-order valence-electron chi connectivity index (χ3n) is 8.29. The fraction of sp³-hybridized carbons (Fsp3) is 0.111. The quantitative estimate of drug-likeness (QED) is 0.224. The molecule has 8 rings (SSSR count). The Morgan fingerprint density at radius 1 is 0.632 bits per heavy atom. The van der Waals surface area contributed by atoms with Crippen LogP contribution in [0.5, 0.6) is 0 Å². The van der Waals surface area contributed by atoms with Crippen molar-refractivity contribution in [1.29, 1.82) is 0 Å². The first-order chi connectivity index (χ1) is 18.9. The van der Waals surface area contributed by atoms with Gasteiger partial charge in [-0.15, -0.1) is 0 Å². The molecule has 2 unspecified atom stereocenters. The first-order valence-electron chi connectivity index (χ1n) is 13.6. The highest BCUT2D eigenvalue weighted by Crippen LogP contribution is 2.54. The lowest BCUT2D eigenvalue weighted by Gasteiger charge is -2.25. The van der Waals surface area contributed by atoms with Gasteiger partial charge in [0, 0.05) is 39.4 Å². The number of fused-ring (bicyclic) bond motifs is 6. The van der Waals surface area contributed by atoms with Crippen molar-refractivity contribution in [2.24, 2.45) is 5.92 Å². The maximum Gasteiger partial charge on any atom is 0.0537 e. The molecule has 0 radical (unpaired) electrons. The molecule has 1 saturated carbocycles. The number of rotatable bonds is 4. The fourth-order valence-corrected chi connectivity index (χ4v) is 6.47. The smallest absolute Gasteiger partial charge is 0.0537 e. The summed E-state index contributed by atoms with van der Waals surface area (Å²) in [6.07, 6.45) is 7.09. The average Bonchev–Trinajstić information content (AvgIpc) is 3.70. The predicted octanol–water partition coefficient (Wildman–Crippen LogP) is 9.47. The first-order valence-corrected chi connectivity index (χ1v) is 13.6. The van der Waals surface area contributed by atoms with Crippen molar-refractivity contribution in [1.82, 2.24) is 4.57 Å². The second-order valence-electron chi connectivity index (χ2n) is 10.5. The van der Waals surface area contributed by atoms with Gasteiger partial charge >= 0.3 is 0 Å². The molecule has 0 amide bonds. The van der Waals surface area contributed by atoms with Crippen LogP contribution in [0.4, 0.5) is 17.1 Å². The molecule has 2 aliphatic carbocycles. The van der Waals surface area contributed by atoms with Crippen molar-refractivity contribution in [2.45, 2.75) is 18.8 Å². The van der Waals surface area contributed by atoms with Crippen LogP contribution in [0, 0.1) is 5.92 Å². The molecule has 2 nitrogen and oxygen atoms in total. The molecule has 0 N–H and O–H groups in total. The van der Waals surface area contributed by atoms with E-state index in [1.54, 1.807) is 0 Å². The Kier molecular flexibility index (Phi) is 4.81. The molecule has 0 saturated heterocycles. The van der Waals surface area contributed by atoms with Crippen LogP contribution in [0.3, 0.4) is 0 Å². The van der Waals surface area contributed by atoms with E-state index in [9.17, 15) is 0 Å². The van der Waals surface area contributed by atoms with E-state index in [2.05, 4.69) is 143 Å². The van der Waals surface area contributed by atoms with Crippen LogP contribution in [0.15, 0.2) is 133 Å². The van der Waals surface area contributed by atoms with E-state index in [-0.39, 0.29) is 0 Å². The van der Waals surface area contributed by atoms with Crippen molar-refractivity contribution in [3.05, 3.63) is 145 Å². The normalized spacial score (nSPS) is 17.7. The van der Waals surface area contributed by atoms with E-state index in [4.69, 9.17) is 0 Å². The summed E-state index contributed by atoms with van der Waals surface area (Å²) < 4.78 is 2.59. The number of nitrogens with zero attached hydrogens (tertiary/aromatic N) is 2. The van der Waals surface area contributed by atoms with Crippen LogP contribution in [0.2, 0.25) is 0 Å². The average molecular weight is 489 g/mol. The molecule has 0 aliphatic heterocycles. The Balaban J connectivity index is 1.40. The number of hydrogen-bond donors (Lipinski definition) is 0. The number of hydrogen-bond acceptors (Lipinski definition) is 1. The molecule has 2 atom stereocenters. The Bertz CT molecular complexity index is 1780. The molecule has 0 bridgehead atoms. The highest BCUT2D eigenvalue weighted by Gasteiger charge is 2.42. The van der Waals surface area contributed by atoms with Crippen molar-refractivity contribution in [3.63, 3.8) is 0 Å². The van der Waals surface area contributed by atoms with Gasteiger partial charge in [0.05, 0.1) is 11.2 Å². The topological polar surface area (TPSA) is 8.17 Å². The van der Waals surface area contributed by atoms with Gasteiger partial charge in [-0.25, -0.2) is 0 Å². The number of para-hydroxylation sites is 2. The van der Waals surface area contributed by atoms with Gasteiger partial charge in [-0.05, 0) is 78.2 Å². The molecular weight excluding hydrogens is 460 g/mol. The van der Waals surface area contributed by atoms with Gasteiger partial charge in [0.15, 0.2) is 0 Å². The summed E-state index contributed by atoms with van der Waals surface area (Å²) in [4.78, 5) is 2.37. The Morgan fingerprint density at radius 3 is 2.13 bits per heavy atom. The van der Waals surface area contributed by atoms with Gasteiger partial charge in [-0.1, -0.05) is 84.9 Å². The van der Waals surface area contributed by atoms with Crippen LogP contribution < -0.4 is 4.90 Å². The van der Waals surface area contributed by atoms with Gasteiger partial charge < -0.3 is 9.47 Å². The Hall–Kier alpha value is -4.56. The van der Waals surface area contributed by atoms with E-state index in [1.807, 2.05) is 0 Å². The summed E-state index contributed by atoms with van der Waals surface area (Å²) in [6.45, 7) is 0. The lowest BCUT2D eigenvalue weighted by molar-refractivity contribution is 0.905. The van der Waals surface area contributed by atoms with Crippen molar-refractivity contribution in [2.75, 3.05) is 4.90 Å². The standard InChI is InChI=1S/C36H28N2/c1-3-14-27(15-4-1)37(28-16-5-2-6-17-28)29-21-22-35-33(24-29)31-19-9-13-26-23-32(26)36(31)38(35)34-20-10-12-25-11-7-8-18-30(25)34/h1-18,20-22,24,26,32H,19,23H2. The minimum Gasteiger partial charge on any atom is -0.312 e. The summed E-state index contributed by atoms with van der Waals surface area (Å²) in [5.41, 5.74) is 9.11. The SMILES string of the molecule is C1=CC2CC2c2c(c3cc(N(c4ccccc4)c4ccccc4)ccc3n2-c2cccc3ccccc23)C1. The van der Waals surface area contributed by atoms with Gasteiger partial charge in [-0.2, -0.15) is 0 Å². The summed E-state index contributed by atoms with van der Waals surface area (Å²) >= 11 is 0. The third kappa shape index (κ3) is 3.34. The van der Waals surface area contributed by atoms with Crippen molar-refractivity contribution >= 4 is 38.7 Å². The zero-order valence-electron chi connectivity index (χ0n) is 21.2. The maximum atomic E-state index is 2.59. The molecular formula is C36H28N2. The minimum atomic E-state index is 0.595. The van der Waals surface area contributed by atoms with E-state index in [0.29, 0.717) is 11.8 Å². The molecule has 0 spiro atoms. The van der Waals surface area contributed by atoms with Crippen molar-refractivity contribution in [3.8, 4) is 5.69 Å². The van der Waals surface area contributed by atoms with Crippen LogP contribution in [0.1, 0.15) is 23.6 Å². The first kappa shape index (κ1) is 21.5. The monoisotopic (exact) mass is 488 g/mol. The minimum absolute atomic E-state index is 0.595. The summed E-state index contributed by atoms with van der Waals surface area (Å²) in [5.74, 6) is 1.26. The van der Waals surface area contributed by atoms with Gasteiger partial charge in [0.25, 0.3) is 0 Å². The van der Waals surface area contributed by atoms with Crippen LogP contribution in [-0.4, -0.2) is 4.57 Å². The van der Waals surface area contributed by atoms with Gasteiger partial charge in [0.1, 0.15) is 0 Å². The predicted molar refractivity (Wildman–Crippen MR) is 159 cm³/mol. The van der Waals surface area contributed by atoms with Crippen molar-refractivity contribution < 1.29 is 0 Å². The lowest BCUT2D eigenvalue weighted by atomic mass is 10.0. The third-order valence-corrected chi connectivity index (χ3v) is 8.29. The number of aromatic nitrogens is 1. The largest absolute Gasteiger partial charge is 0.312 e. The van der Waals surface area contributed by atoms with E-state index in [1.165, 1.54) is 62.1 Å². The Labute approximate surface area is 223 Å². The van der Waals surface area contributed by atoms with Crippen LogP contribution in [0.25, 0.3) is 27.4 Å². The van der Waals surface area contributed by atoms with E-state index in [0.717, 1.165) is 6.42 Å². The highest BCUT2D eigenvalue weighted by molar-refractivity contribution is 5.97. The second-order valence-corrected chi connectivity index (χ2v) is 10.5. The van der Waals surface area contributed by atoms with E-state index >= 15 is 0 Å². The van der Waals surface area contributed by atoms with Gasteiger partial charge in [0.2, 0.25) is 0 Å². The second kappa shape index (κ2) is 8.49. The fourth-order valence-electron chi connectivity index (χ4n) is 6.47. The zero-order valence-corrected chi connectivity index (χ0v) is 21.2. The molecule has 2 aliphatic rings. The van der Waals surface area contributed by atoms with Gasteiger partial charge in [-0.3, -0.25) is 0 Å². The highest BCUT2D eigenvalue weighted by atomic mass is 15.1. The van der Waals surface area contributed by atoms with Crippen LogP contribution >= 0.6 is 0 Å². The zero-order chi connectivity index (χ0) is 25.1. The lowest BCUT2D eigenvalue weighted by Crippen LogP contribution is -2.09. The molecule has 38 heavy (non-hydrogen) atoms. The molecule has 182 valence electrons. The summed E-state index contributed by atoms with van der Waals surface area (Å²) in [7, 11) is 0. The summed E-state index contributed by atoms with van der Waals surface area (Å²) in [6, 6.07) is 44.0. The molecule has 1 fully saturated rings. The number of allylic oxidation sites excluding steroid dienone is 2. The van der Waals surface area contributed by atoms with E-state index < -0.39 is 0 Å². The Morgan fingerprint density at radius 2 is 1.34 bits per heavy atom. The summed E-state index contributed by atoms with van der Waals surface area (Å²) in [5, 5.41) is 3.96. The molecule has 2 heteroatoms. The molecule has 1 aromatic heterocycles.